The Balaban J connectivity index is 2.07. The van der Waals surface area contributed by atoms with Gasteiger partial charge in [-0.2, -0.15) is 0 Å². The number of hydrogen-bond donors (Lipinski definition) is 0. The Morgan fingerprint density at radius 1 is 1.00 bits per heavy atom. The van der Waals surface area contributed by atoms with Crippen molar-refractivity contribution < 1.29 is 4.43 Å². The zero-order valence-electron chi connectivity index (χ0n) is 14.6. The molecule has 1 nitrogen and oxygen atoms in total. The maximum atomic E-state index is 6.90. The SMILES string of the molecule is CC(C)(C)[Si](OC[C@@H]1C/C1=C\Br)(c1ccccc1)c1ccccc1. The van der Waals surface area contributed by atoms with Gasteiger partial charge in [-0.1, -0.05) is 103 Å². The molecule has 0 aliphatic heterocycles. The molecule has 0 heterocycles. The van der Waals surface area contributed by atoms with Gasteiger partial charge in [0.15, 0.2) is 0 Å². The fraction of sp³-hybridized carbons (Fsp3) is 0.333. The number of hydrogen-bond acceptors (Lipinski definition) is 1. The Morgan fingerprint density at radius 3 is 1.88 bits per heavy atom. The summed E-state index contributed by atoms with van der Waals surface area (Å²) in [4.78, 5) is 2.06. The highest BCUT2D eigenvalue weighted by Crippen LogP contribution is 2.42. The minimum absolute atomic E-state index is 0.0584. The van der Waals surface area contributed by atoms with Crippen molar-refractivity contribution in [2.24, 2.45) is 5.92 Å². The first-order valence-corrected chi connectivity index (χ1v) is 11.4. The molecule has 3 heteroatoms. The number of rotatable bonds is 5. The summed E-state index contributed by atoms with van der Waals surface area (Å²) in [5.74, 6) is 0.575. The van der Waals surface area contributed by atoms with Gasteiger partial charge in [0.2, 0.25) is 0 Å². The third kappa shape index (κ3) is 3.30. The normalized spacial score (nSPS) is 19.5. The van der Waals surface area contributed by atoms with E-state index >= 15 is 0 Å². The van der Waals surface area contributed by atoms with Gasteiger partial charge in [0.05, 0.1) is 0 Å². The van der Waals surface area contributed by atoms with Gasteiger partial charge in [-0.25, -0.2) is 0 Å². The Hall–Kier alpha value is -1.16. The molecule has 2 aromatic carbocycles. The second-order valence-electron chi connectivity index (χ2n) is 7.56. The molecule has 0 radical (unpaired) electrons. The fourth-order valence-electron chi connectivity index (χ4n) is 3.51. The molecule has 1 aliphatic rings. The second kappa shape index (κ2) is 6.99. The molecule has 0 aromatic heterocycles. The van der Waals surface area contributed by atoms with E-state index in [1.165, 1.54) is 15.9 Å². The lowest BCUT2D eigenvalue weighted by atomic mass is 10.2. The molecule has 1 atom stereocenters. The molecular weight excluding hydrogens is 376 g/mol. The van der Waals surface area contributed by atoms with Crippen molar-refractivity contribution in [3.05, 3.63) is 71.2 Å². The van der Waals surface area contributed by atoms with Gasteiger partial charge in [-0.05, 0) is 26.8 Å². The highest BCUT2D eigenvalue weighted by molar-refractivity contribution is 9.11. The first kappa shape index (κ1) is 17.7. The summed E-state index contributed by atoms with van der Waals surface area (Å²) < 4.78 is 6.90. The third-order valence-corrected chi connectivity index (χ3v) is 10.5. The Labute approximate surface area is 155 Å². The van der Waals surface area contributed by atoms with E-state index < -0.39 is 8.32 Å². The Kier molecular flexibility index (Phi) is 5.14. The summed E-state index contributed by atoms with van der Waals surface area (Å²) >= 11 is 3.46. The van der Waals surface area contributed by atoms with E-state index in [1.54, 1.807) is 0 Å². The monoisotopic (exact) mass is 400 g/mol. The molecule has 0 N–H and O–H groups in total. The first-order chi connectivity index (χ1) is 11.5. The highest BCUT2D eigenvalue weighted by Gasteiger charge is 2.51. The van der Waals surface area contributed by atoms with Crippen molar-refractivity contribution in [2.45, 2.75) is 32.2 Å². The molecule has 3 rings (SSSR count). The minimum Gasteiger partial charge on any atom is -0.407 e. The fourth-order valence-corrected chi connectivity index (χ4v) is 8.68. The summed E-state index contributed by atoms with van der Waals surface area (Å²) in [5.41, 5.74) is 1.47. The van der Waals surface area contributed by atoms with E-state index in [9.17, 15) is 0 Å². The van der Waals surface area contributed by atoms with E-state index in [4.69, 9.17) is 4.43 Å². The van der Waals surface area contributed by atoms with Crippen LogP contribution in [0.4, 0.5) is 0 Å². The van der Waals surface area contributed by atoms with Crippen LogP contribution < -0.4 is 10.4 Å². The zero-order valence-corrected chi connectivity index (χ0v) is 17.2. The van der Waals surface area contributed by atoms with Crippen LogP contribution in [0.5, 0.6) is 0 Å². The zero-order chi connectivity index (χ0) is 17.2. The summed E-state index contributed by atoms with van der Waals surface area (Å²) in [7, 11) is -2.36. The highest BCUT2D eigenvalue weighted by atomic mass is 79.9. The van der Waals surface area contributed by atoms with Crippen molar-refractivity contribution in [1.82, 2.24) is 0 Å². The van der Waals surface area contributed by atoms with Crippen LogP contribution in [0.1, 0.15) is 27.2 Å². The summed E-state index contributed by atoms with van der Waals surface area (Å²) in [5, 5.41) is 2.77. The van der Waals surface area contributed by atoms with E-state index in [0.717, 1.165) is 13.0 Å². The lowest BCUT2D eigenvalue weighted by molar-refractivity contribution is 0.285. The van der Waals surface area contributed by atoms with Gasteiger partial charge in [-0.15, -0.1) is 0 Å². The van der Waals surface area contributed by atoms with Crippen molar-refractivity contribution in [1.29, 1.82) is 0 Å². The van der Waals surface area contributed by atoms with Crippen LogP contribution in [0, 0.1) is 5.92 Å². The van der Waals surface area contributed by atoms with Gasteiger partial charge in [0.1, 0.15) is 0 Å². The van der Waals surface area contributed by atoms with Gasteiger partial charge in [-0.3, -0.25) is 0 Å². The van der Waals surface area contributed by atoms with Crippen LogP contribution in [0.15, 0.2) is 71.2 Å². The average molecular weight is 401 g/mol. The predicted octanol–water partition coefficient (Wildman–Crippen LogP) is 4.86. The molecule has 0 spiro atoms. The predicted molar refractivity (Wildman–Crippen MR) is 109 cm³/mol. The van der Waals surface area contributed by atoms with Crippen molar-refractivity contribution in [3.63, 3.8) is 0 Å². The molecule has 0 amide bonds. The van der Waals surface area contributed by atoms with Crippen LogP contribution >= 0.6 is 15.9 Å². The Morgan fingerprint density at radius 2 is 1.50 bits per heavy atom. The van der Waals surface area contributed by atoms with Gasteiger partial charge in [0.25, 0.3) is 8.32 Å². The summed E-state index contributed by atoms with van der Waals surface area (Å²) in [6.07, 6.45) is 1.16. The van der Waals surface area contributed by atoms with E-state index in [1.807, 2.05) is 0 Å². The third-order valence-electron chi connectivity index (χ3n) is 4.90. The molecule has 24 heavy (non-hydrogen) atoms. The van der Waals surface area contributed by atoms with Gasteiger partial charge >= 0.3 is 0 Å². The lowest BCUT2D eigenvalue weighted by Gasteiger charge is -2.43. The van der Waals surface area contributed by atoms with Crippen LogP contribution in [-0.2, 0) is 4.43 Å². The molecule has 0 saturated heterocycles. The maximum absolute atomic E-state index is 6.90. The second-order valence-corrected chi connectivity index (χ2v) is 12.3. The average Bonchev–Trinajstić information content (AvgIpc) is 3.35. The van der Waals surface area contributed by atoms with Crippen LogP contribution in [-0.4, -0.2) is 14.9 Å². The van der Waals surface area contributed by atoms with E-state index in [2.05, 4.69) is 102 Å². The number of halogens is 1. The molecule has 126 valence electrons. The largest absolute Gasteiger partial charge is 0.407 e. The van der Waals surface area contributed by atoms with Gasteiger partial charge < -0.3 is 4.43 Å². The van der Waals surface area contributed by atoms with Crippen molar-refractivity contribution in [2.75, 3.05) is 6.61 Å². The van der Waals surface area contributed by atoms with Crippen molar-refractivity contribution >= 4 is 34.6 Å². The van der Waals surface area contributed by atoms with Crippen LogP contribution in [0.25, 0.3) is 0 Å². The molecule has 2 aromatic rings. The van der Waals surface area contributed by atoms with E-state index in [0.29, 0.717) is 5.92 Å². The molecule has 0 bridgehead atoms. The molecule has 1 aliphatic carbocycles. The molecular formula is C21H25BrOSi. The summed E-state index contributed by atoms with van der Waals surface area (Å²) in [6, 6.07) is 21.7. The summed E-state index contributed by atoms with van der Waals surface area (Å²) in [6.45, 7) is 7.79. The quantitative estimate of drug-likeness (QED) is 0.650. The molecule has 1 saturated carbocycles. The number of benzene rings is 2. The maximum Gasteiger partial charge on any atom is 0.261 e. The van der Waals surface area contributed by atoms with Crippen molar-refractivity contribution in [3.8, 4) is 0 Å². The lowest BCUT2D eigenvalue weighted by Crippen LogP contribution is -2.66. The Bertz CT molecular complexity index is 664. The molecule has 0 unspecified atom stereocenters. The van der Waals surface area contributed by atoms with E-state index in [-0.39, 0.29) is 5.04 Å². The topological polar surface area (TPSA) is 9.23 Å². The van der Waals surface area contributed by atoms with Crippen LogP contribution in [0.2, 0.25) is 5.04 Å². The van der Waals surface area contributed by atoms with Gasteiger partial charge in [0, 0.05) is 12.5 Å². The minimum atomic E-state index is -2.36. The van der Waals surface area contributed by atoms with Crippen LogP contribution in [0.3, 0.4) is 0 Å². The molecule has 1 fully saturated rings. The first-order valence-electron chi connectivity index (χ1n) is 8.53. The standard InChI is InChI=1S/C21H25BrOSi/c1-21(2,3)24(19-10-6-4-7-11-19,20-12-8-5-9-13-20)23-16-18-14-17(18)15-22/h4-13,15,18H,14,16H2,1-3H3/b17-15+/t18-/m0/s1. The smallest absolute Gasteiger partial charge is 0.261 e.